The number of carbonyl (C=O) groups is 1. The molecule has 0 spiro atoms. The second kappa shape index (κ2) is 10.2. The predicted octanol–water partition coefficient (Wildman–Crippen LogP) is 6.26. The van der Waals surface area contributed by atoms with E-state index in [1.54, 1.807) is 36.5 Å². The van der Waals surface area contributed by atoms with Crippen LogP contribution in [0.3, 0.4) is 0 Å². The van der Waals surface area contributed by atoms with Crippen LogP contribution in [0.15, 0.2) is 68.9 Å². The first-order chi connectivity index (χ1) is 13.9. The van der Waals surface area contributed by atoms with Gasteiger partial charge in [0.15, 0.2) is 0 Å². The Labute approximate surface area is 194 Å². The number of rotatable bonds is 6. The van der Waals surface area contributed by atoms with Crippen molar-refractivity contribution in [2.24, 2.45) is 5.10 Å². The van der Waals surface area contributed by atoms with E-state index in [-0.39, 0.29) is 12.5 Å². The standard InChI is InChI=1S/C20H13Br2Cl2N3O2/c21-15-6-14(10-26-27-20(28)12-2-1-5-25-9-12)19(17(22)7-15)29-11-13-3-4-16(23)8-18(13)24/h1-10H,11H2,(H,27,28). The Morgan fingerprint density at radius 3 is 2.76 bits per heavy atom. The lowest BCUT2D eigenvalue weighted by Gasteiger charge is -2.13. The first kappa shape index (κ1) is 21.8. The number of amides is 1. The zero-order valence-corrected chi connectivity index (χ0v) is 19.4. The van der Waals surface area contributed by atoms with Gasteiger partial charge in [-0.2, -0.15) is 5.10 Å². The van der Waals surface area contributed by atoms with Gasteiger partial charge < -0.3 is 4.74 Å². The molecule has 148 valence electrons. The Hall–Kier alpha value is -1.93. The lowest BCUT2D eigenvalue weighted by Crippen LogP contribution is -2.17. The second-order valence-electron chi connectivity index (χ2n) is 5.77. The molecule has 0 fully saturated rings. The molecule has 0 unspecified atom stereocenters. The third-order valence-corrected chi connectivity index (χ3v) is 5.35. The van der Waals surface area contributed by atoms with Crippen molar-refractivity contribution >= 4 is 67.2 Å². The Bertz CT molecular complexity index is 1060. The molecule has 3 aromatic rings. The number of hydrazone groups is 1. The molecule has 9 heteroatoms. The van der Waals surface area contributed by atoms with Crippen molar-refractivity contribution in [3.63, 3.8) is 0 Å². The molecule has 2 aromatic carbocycles. The minimum absolute atomic E-state index is 0.235. The molecule has 1 aromatic heterocycles. The number of carbonyl (C=O) groups excluding carboxylic acids is 1. The zero-order valence-electron chi connectivity index (χ0n) is 14.7. The monoisotopic (exact) mass is 555 g/mol. The molecular weight excluding hydrogens is 545 g/mol. The fourth-order valence-electron chi connectivity index (χ4n) is 2.34. The Balaban J connectivity index is 1.77. The van der Waals surface area contributed by atoms with E-state index in [1.165, 1.54) is 12.4 Å². The summed E-state index contributed by atoms with van der Waals surface area (Å²) in [4.78, 5) is 16.0. The first-order valence-corrected chi connectivity index (χ1v) is 10.6. The van der Waals surface area contributed by atoms with Gasteiger partial charge in [-0.15, -0.1) is 0 Å². The van der Waals surface area contributed by atoms with Gasteiger partial charge in [0.2, 0.25) is 0 Å². The smallest absolute Gasteiger partial charge is 0.272 e. The number of hydrogen-bond donors (Lipinski definition) is 1. The third kappa shape index (κ3) is 6.02. The number of ether oxygens (including phenoxy) is 1. The Morgan fingerprint density at radius 2 is 2.03 bits per heavy atom. The zero-order chi connectivity index (χ0) is 20.8. The first-order valence-electron chi connectivity index (χ1n) is 8.23. The summed E-state index contributed by atoms with van der Waals surface area (Å²) in [6.07, 6.45) is 4.56. The Morgan fingerprint density at radius 1 is 1.21 bits per heavy atom. The maximum Gasteiger partial charge on any atom is 0.272 e. The number of benzene rings is 2. The van der Waals surface area contributed by atoms with E-state index in [1.807, 2.05) is 12.1 Å². The van der Waals surface area contributed by atoms with E-state index in [4.69, 9.17) is 27.9 Å². The molecule has 0 atom stereocenters. The van der Waals surface area contributed by atoms with E-state index >= 15 is 0 Å². The van der Waals surface area contributed by atoms with Gasteiger partial charge >= 0.3 is 0 Å². The number of hydrogen-bond acceptors (Lipinski definition) is 4. The van der Waals surface area contributed by atoms with Crippen LogP contribution in [-0.4, -0.2) is 17.1 Å². The molecule has 29 heavy (non-hydrogen) atoms. The number of pyridine rings is 1. The number of aromatic nitrogens is 1. The fraction of sp³-hybridized carbons (Fsp3) is 0.0500. The van der Waals surface area contributed by atoms with Crippen LogP contribution in [0, 0.1) is 0 Å². The molecule has 1 N–H and O–H groups in total. The SMILES string of the molecule is O=C(NN=Cc1cc(Br)cc(Br)c1OCc1ccc(Cl)cc1Cl)c1cccnc1. The molecule has 0 aliphatic heterocycles. The summed E-state index contributed by atoms with van der Waals surface area (Å²) in [5.74, 6) is 0.192. The van der Waals surface area contributed by atoms with Gasteiger partial charge in [-0.1, -0.05) is 45.2 Å². The number of nitrogens with zero attached hydrogens (tertiary/aromatic N) is 2. The van der Waals surface area contributed by atoms with E-state index < -0.39 is 0 Å². The van der Waals surface area contributed by atoms with Crippen molar-refractivity contribution < 1.29 is 9.53 Å². The minimum atomic E-state index is -0.362. The van der Waals surface area contributed by atoms with Gasteiger partial charge in [0.25, 0.3) is 5.91 Å². The molecule has 5 nitrogen and oxygen atoms in total. The summed E-state index contributed by atoms with van der Waals surface area (Å²) in [7, 11) is 0. The lowest BCUT2D eigenvalue weighted by molar-refractivity contribution is 0.0954. The predicted molar refractivity (Wildman–Crippen MR) is 122 cm³/mol. The van der Waals surface area contributed by atoms with Gasteiger partial charge in [-0.05, 0) is 52.3 Å². The molecule has 0 bridgehead atoms. The minimum Gasteiger partial charge on any atom is -0.487 e. The van der Waals surface area contributed by atoms with Crippen molar-refractivity contribution in [3.8, 4) is 5.75 Å². The van der Waals surface area contributed by atoms with E-state index in [0.717, 1.165) is 14.5 Å². The largest absolute Gasteiger partial charge is 0.487 e. The highest BCUT2D eigenvalue weighted by Gasteiger charge is 2.11. The van der Waals surface area contributed by atoms with Gasteiger partial charge in [-0.25, -0.2) is 5.43 Å². The topological polar surface area (TPSA) is 63.6 Å². The highest BCUT2D eigenvalue weighted by molar-refractivity contribution is 9.11. The van der Waals surface area contributed by atoms with Crippen LogP contribution in [-0.2, 0) is 6.61 Å². The summed E-state index contributed by atoms with van der Waals surface area (Å²) in [5, 5.41) is 5.10. The molecule has 0 aliphatic rings. The summed E-state index contributed by atoms with van der Waals surface area (Å²) in [5.41, 5.74) is 4.33. The summed E-state index contributed by atoms with van der Waals surface area (Å²) in [6.45, 7) is 0.235. The maximum absolute atomic E-state index is 12.1. The van der Waals surface area contributed by atoms with Crippen LogP contribution in [0.5, 0.6) is 5.75 Å². The van der Waals surface area contributed by atoms with Crippen LogP contribution in [0.25, 0.3) is 0 Å². The molecule has 1 amide bonds. The van der Waals surface area contributed by atoms with Crippen molar-refractivity contribution in [2.45, 2.75) is 6.61 Å². The molecule has 0 saturated carbocycles. The summed E-state index contributed by atoms with van der Waals surface area (Å²) < 4.78 is 7.50. The summed E-state index contributed by atoms with van der Waals surface area (Å²) in [6, 6.07) is 12.2. The van der Waals surface area contributed by atoms with E-state index in [2.05, 4.69) is 47.4 Å². The second-order valence-corrected chi connectivity index (χ2v) is 8.38. The Kier molecular flexibility index (Phi) is 7.66. The average molecular weight is 558 g/mol. The lowest BCUT2D eigenvalue weighted by atomic mass is 10.2. The van der Waals surface area contributed by atoms with Gasteiger partial charge in [0.05, 0.1) is 16.3 Å². The number of nitrogens with one attached hydrogen (secondary N) is 1. The normalized spacial score (nSPS) is 10.9. The van der Waals surface area contributed by atoms with Crippen molar-refractivity contribution in [3.05, 3.63) is 90.5 Å². The summed E-state index contributed by atoms with van der Waals surface area (Å²) >= 11 is 19.1. The van der Waals surface area contributed by atoms with Crippen LogP contribution in [0.1, 0.15) is 21.5 Å². The van der Waals surface area contributed by atoms with Crippen LogP contribution in [0.2, 0.25) is 10.0 Å². The molecule has 3 rings (SSSR count). The quantitative estimate of drug-likeness (QED) is 0.287. The van der Waals surface area contributed by atoms with E-state index in [0.29, 0.717) is 26.9 Å². The number of halogens is 4. The van der Waals surface area contributed by atoms with Crippen molar-refractivity contribution in [1.82, 2.24) is 10.4 Å². The van der Waals surface area contributed by atoms with Crippen molar-refractivity contribution in [2.75, 3.05) is 0 Å². The van der Waals surface area contributed by atoms with Gasteiger partial charge in [0.1, 0.15) is 12.4 Å². The van der Waals surface area contributed by atoms with Crippen LogP contribution < -0.4 is 10.2 Å². The van der Waals surface area contributed by atoms with Crippen LogP contribution >= 0.6 is 55.1 Å². The molecule has 1 heterocycles. The third-order valence-electron chi connectivity index (χ3n) is 3.72. The molecule has 0 aliphatic carbocycles. The highest BCUT2D eigenvalue weighted by atomic mass is 79.9. The maximum atomic E-state index is 12.1. The molecule has 0 saturated heterocycles. The molecular formula is C20H13Br2Cl2N3O2. The van der Waals surface area contributed by atoms with Gasteiger partial charge in [-0.3, -0.25) is 9.78 Å². The van der Waals surface area contributed by atoms with Crippen LogP contribution in [0.4, 0.5) is 0 Å². The average Bonchev–Trinajstić information content (AvgIpc) is 2.69. The highest BCUT2D eigenvalue weighted by Crippen LogP contribution is 2.33. The fourth-order valence-corrected chi connectivity index (χ4v) is 4.17. The van der Waals surface area contributed by atoms with Gasteiger partial charge in [0, 0.05) is 38.0 Å². The molecule has 0 radical (unpaired) electrons. The van der Waals surface area contributed by atoms with Crippen molar-refractivity contribution in [1.29, 1.82) is 0 Å². The van der Waals surface area contributed by atoms with E-state index in [9.17, 15) is 4.79 Å².